The predicted molar refractivity (Wildman–Crippen MR) is 94.2 cm³/mol. The molecule has 0 aliphatic heterocycles. The number of rotatable bonds is 9. The van der Waals surface area contributed by atoms with Crippen LogP contribution in [0.15, 0.2) is 22.8 Å². The predicted octanol–water partition coefficient (Wildman–Crippen LogP) is 1.00. The van der Waals surface area contributed by atoms with E-state index < -0.39 is 5.91 Å². The topological polar surface area (TPSA) is 125 Å². The Bertz CT molecular complexity index is 680. The van der Waals surface area contributed by atoms with Gasteiger partial charge in [0.2, 0.25) is 11.5 Å². The van der Waals surface area contributed by atoms with Crippen molar-refractivity contribution < 1.29 is 18.9 Å². The molecule has 1 aromatic carbocycles. The smallest absolute Gasteiger partial charge is 0.277 e. The molecule has 0 fully saturated rings. The van der Waals surface area contributed by atoms with Crippen molar-refractivity contribution in [2.45, 2.75) is 13.5 Å². The van der Waals surface area contributed by atoms with Crippen LogP contribution < -0.4 is 25.8 Å². The highest BCUT2D eigenvalue weighted by atomic mass is 35.5. The highest BCUT2D eigenvalue weighted by molar-refractivity contribution is 5.95. The number of carbonyl (C=O) groups is 1. The number of nitrogens with one attached hydrogen (secondary N) is 2. The Labute approximate surface area is 151 Å². The van der Waals surface area contributed by atoms with Crippen LogP contribution in [0.3, 0.4) is 0 Å². The van der Waals surface area contributed by atoms with E-state index >= 15 is 0 Å². The molecule has 0 spiro atoms. The molecule has 0 radical (unpaired) electrons. The van der Waals surface area contributed by atoms with E-state index in [0.717, 1.165) is 5.56 Å². The molecule has 0 saturated heterocycles. The van der Waals surface area contributed by atoms with Gasteiger partial charge in [-0.3, -0.25) is 4.79 Å². The monoisotopic (exact) mass is 371 g/mol. The van der Waals surface area contributed by atoms with Crippen LogP contribution in [0.2, 0.25) is 0 Å². The van der Waals surface area contributed by atoms with Crippen molar-refractivity contribution >= 4 is 24.1 Å². The van der Waals surface area contributed by atoms with Crippen molar-refractivity contribution in [3.8, 4) is 11.5 Å². The third kappa shape index (κ3) is 5.80. The van der Waals surface area contributed by atoms with Gasteiger partial charge in [0, 0.05) is 19.6 Å². The first-order valence-electron chi connectivity index (χ1n) is 7.52. The van der Waals surface area contributed by atoms with E-state index in [0.29, 0.717) is 37.7 Å². The summed E-state index contributed by atoms with van der Waals surface area (Å²) in [7, 11) is 1.61. The number of nitrogens with zero attached hydrogens (tertiary/aromatic N) is 2. The fourth-order valence-corrected chi connectivity index (χ4v) is 2.03. The number of ether oxygens (including phenoxy) is 2. The van der Waals surface area contributed by atoms with Crippen LogP contribution in [0.5, 0.6) is 11.5 Å². The highest BCUT2D eigenvalue weighted by Gasteiger charge is 2.14. The van der Waals surface area contributed by atoms with E-state index in [1.807, 2.05) is 25.1 Å². The maximum absolute atomic E-state index is 11.7. The molecule has 25 heavy (non-hydrogen) atoms. The lowest BCUT2D eigenvalue weighted by molar-refractivity contribution is 0.0944. The van der Waals surface area contributed by atoms with Crippen LogP contribution in [-0.2, 0) is 6.54 Å². The summed E-state index contributed by atoms with van der Waals surface area (Å²) in [4.78, 5) is 11.7. The minimum Gasteiger partial charge on any atom is -0.493 e. The Balaban J connectivity index is 0.00000312. The lowest BCUT2D eigenvalue weighted by Gasteiger charge is -2.11. The second-order valence-electron chi connectivity index (χ2n) is 4.85. The molecule has 1 aromatic heterocycles. The number of carbonyl (C=O) groups excluding carboxylic acids is 1. The van der Waals surface area contributed by atoms with Gasteiger partial charge in [0.05, 0.1) is 13.7 Å². The minimum absolute atomic E-state index is 0. The number of hydrogen-bond acceptors (Lipinski definition) is 8. The molecule has 0 bridgehead atoms. The zero-order chi connectivity index (χ0) is 17.4. The van der Waals surface area contributed by atoms with Crippen LogP contribution in [0, 0.1) is 0 Å². The summed E-state index contributed by atoms with van der Waals surface area (Å²) in [5.41, 5.74) is 6.49. The summed E-state index contributed by atoms with van der Waals surface area (Å²) < 4.78 is 15.2. The van der Waals surface area contributed by atoms with E-state index in [9.17, 15) is 4.79 Å². The maximum Gasteiger partial charge on any atom is 0.277 e. The second kappa shape index (κ2) is 10.4. The summed E-state index contributed by atoms with van der Waals surface area (Å²) >= 11 is 0. The highest BCUT2D eigenvalue weighted by Crippen LogP contribution is 2.27. The largest absolute Gasteiger partial charge is 0.493 e. The van der Waals surface area contributed by atoms with Crippen molar-refractivity contribution in [1.29, 1.82) is 0 Å². The molecule has 2 aromatic rings. The van der Waals surface area contributed by atoms with Gasteiger partial charge >= 0.3 is 0 Å². The first-order chi connectivity index (χ1) is 11.7. The molecule has 1 amide bonds. The molecule has 1 heterocycles. The summed E-state index contributed by atoms with van der Waals surface area (Å²) in [6.45, 7) is 4.11. The number of aromatic nitrogens is 2. The Morgan fingerprint density at radius 2 is 2.08 bits per heavy atom. The molecule has 9 nitrogen and oxygen atoms in total. The zero-order valence-electron chi connectivity index (χ0n) is 14.1. The molecular formula is C15H22ClN5O4. The van der Waals surface area contributed by atoms with Gasteiger partial charge in [-0.25, -0.2) is 4.63 Å². The Morgan fingerprint density at radius 1 is 1.28 bits per heavy atom. The number of hydrogen-bond donors (Lipinski definition) is 3. The third-order valence-corrected chi connectivity index (χ3v) is 3.17. The van der Waals surface area contributed by atoms with E-state index in [1.165, 1.54) is 0 Å². The number of methoxy groups -OCH3 is 1. The van der Waals surface area contributed by atoms with E-state index in [4.69, 9.17) is 15.2 Å². The summed E-state index contributed by atoms with van der Waals surface area (Å²) in [5, 5.41) is 12.7. The maximum atomic E-state index is 11.7. The SMILES string of the molecule is CCOc1cc(CNCCNC(=O)c2nonc2N)ccc1OC.Cl. The van der Waals surface area contributed by atoms with Crippen molar-refractivity contribution in [3.63, 3.8) is 0 Å². The van der Waals surface area contributed by atoms with Crippen molar-refractivity contribution in [2.75, 3.05) is 32.5 Å². The fraction of sp³-hybridized carbons (Fsp3) is 0.400. The Hall–Kier alpha value is -2.52. The van der Waals surface area contributed by atoms with Gasteiger partial charge in [-0.2, -0.15) is 0 Å². The summed E-state index contributed by atoms with van der Waals surface area (Å²) in [6.07, 6.45) is 0. The number of nitrogen functional groups attached to an aromatic ring is 1. The fourth-order valence-electron chi connectivity index (χ4n) is 2.03. The second-order valence-corrected chi connectivity index (χ2v) is 4.85. The molecule has 0 unspecified atom stereocenters. The van der Waals surface area contributed by atoms with E-state index in [1.54, 1.807) is 7.11 Å². The molecule has 0 aliphatic rings. The minimum atomic E-state index is -0.418. The normalized spacial score (nSPS) is 10.0. The Morgan fingerprint density at radius 3 is 2.72 bits per heavy atom. The van der Waals surface area contributed by atoms with Gasteiger partial charge in [0.15, 0.2) is 11.5 Å². The molecule has 0 atom stereocenters. The lowest BCUT2D eigenvalue weighted by Crippen LogP contribution is -2.32. The average Bonchev–Trinajstić information content (AvgIpc) is 3.01. The van der Waals surface area contributed by atoms with Crippen LogP contribution in [0.25, 0.3) is 0 Å². The quantitative estimate of drug-likeness (QED) is 0.557. The first-order valence-corrected chi connectivity index (χ1v) is 7.52. The first kappa shape index (κ1) is 20.5. The lowest BCUT2D eigenvalue weighted by atomic mass is 10.2. The van der Waals surface area contributed by atoms with Crippen molar-refractivity contribution in [1.82, 2.24) is 20.9 Å². The van der Waals surface area contributed by atoms with Crippen LogP contribution >= 0.6 is 12.4 Å². The van der Waals surface area contributed by atoms with Crippen LogP contribution in [0.4, 0.5) is 5.82 Å². The molecule has 10 heteroatoms. The number of nitrogens with two attached hydrogens (primary N) is 1. The molecule has 138 valence electrons. The molecule has 2 rings (SSSR count). The summed E-state index contributed by atoms with van der Waals surface area (Å²) in [6, 6.07) is 5.74. The summed E-state index contributed by atoms with van der Waals surface area (Å²) in [5.74, 6) is 0.967. The molecular weight excluding hydrogens is 350 g/mol. The van der Waals surface area contributed by atoms with Crippen LogP contribution in [0.1, 0.15) is 23.0 Å². The average molecular weight is 372 g/mol. The molecule has 0 aliphatic carbocycles. The van der Waals surface area contributed by atoms with Crippen molar-refractivity contribution in [2.24, 2.45) is 0 Å². The standard InChI is InChI=1S/C15H21N5O4.ClH/c1-3-23-12-8-10(4-5-11(12)22-2)9-17-6-7-18-15(21)13-14(16)20-24-19-13;/h4-5,8,17H,3,6-7,9H2,1-2H3,(H2,16,20)(H,18,21);1H. The van der Waals surface area contributed by atoms with Gasteiger partial charge in [-0.05, 0) is 34.9 Å². The molecule has 4 N–H and O–H groups in total. The number of benzene rings is 1. The molecule has 0 saturated carbocycles. The number of anilines is 1. The van der Waals surface area contributed by atoms with Gasteiger partial charge in [-0.1, -0.05) is 6.07 Å². The van der Waals surface area contributed by atoms with Gasteiger partial charge in [-0.15, -0.1) is 12.4 Å². The van der Waals surface area contributed by atoms with Crippen molar-refractivity contribution in [3.05, 3.63) is 29.5 Å². The van der Waals surface area contributed by atoms with E-state index in [-0.39, 0.29) is 23.9 Å². The number of halogens is 1. The zero-order valence-corrected chi connectivity index (χ0v) is 14.9. The number of amides is 1. The Kier molecular flexibility index (Phi) is 8.51. The third-order valence-electron chi connectivity index (χ3n) is 3.17. The van der Waals surface area contributed by atoms with Crippen LogP contribution in [-0.4, -0.2) is 43.0 Å². The van der Waals surface area contributed by atoms with Gasteiger partial charge in [0.1, 0.15) is 0 Å². The van der Waals surface area contributed by atoms with E-state index in [2.05, 4.69) is 25.6 Å². The van der Waals surface area contributed by atoms with Gasteiger partial charge in [0.25, 0.3) is 5.91 Å². The van der Waals surface area contributed by atoms with Gasteiger partial charge < -0.3 is 25.8 Å².